The monoisotopic (exact) mass is 448 g/mol. The Morgan fingerprint density at radius 3 is 2.50 bits per heavy atom. The number of nitrogens with zero attached hydrogens (tertiary/aromatic N) is 1. The van der Waals surface area contributed by atoms with Gasteiger partial charge in [-0.05, 0) is 50.1 Å². The van der Waals surface area contributed by atoms with Crippen LogP contribution in [0.15, 0.2) is 48.1 Å². The van der Waals surface area contributed by atoms with Gasteiger partial charge in [0, 0.05) is 18.6 Å². The Balaban J connectivity index is 2.38. The Morgan fingerprint density at radius 2 is 1.91 bits per heavy atom. The van der Waals surface area contributed by atoms with Crippen molar-refractivity contribution in [2.24, 2.45) is 11.3 Å². The fourth-order valence-corrected chi connectivity index (χ4v) is 4.46. The number of para-hydroxylation sites is 1. The molecule has 0 amide bonds. The van der Waals surface area contributed by atoms with Crippen molar-refractivity contribution in [3.8, 4) is 5.75 Å². The molecule has 0 radical (unpaired) electrons. The van der Waals surface area contributed by atoms with E-state index in [-0.39, 0.29) is 22.5 Å². The van der Waals surface area contributed by atoms with Crippen molar-refractivity contribution < 1.29 is 23.1 Å². The van der Waals surface area contributed by atoms with E-state index in [9.17, 15) is 18.4 Å². The summed E-state index contributed by atoms with van der Waals surface area (Å²) in [6, 6.07) is 6.82. The molecule has 1 N–H and O–H groups in total. The number of rotatable bonds is 11. The van der Waals surface area contributed by atoms with Crippen LogP contribution in [-0.4, -0.2) is 56.3 Å². The molecule has 0 spiro atoms. The average Bonchev–Trinajstić information content (AvgIpc) is 2.66. The third kappa shape index (κ3) is 7.64. The van der Waals surface area contributed by atoms with Crippen LogP contribution in [-0.2, 0) is 16.0 Å². The number of allylic oxidation sites excluding steroid dienone is 3. The van der Waals surface area contributed by atoms with Crippen molar-refractivity contribution in [1.29, 1.82) is 0 Å². The molecule has 1 aliphatic rings. The van der Waals surface area contributed by atoms with Crippen LogP contribution in [0.3, 0.4) is 0 Å². The highest BCUT2D eigenvalue weighted by atomic mass is 19.3. The zero-order valence-corrected chi connectivity index (χ0v) is 19.5. The predicted octanol–water partition coefficient (Wildman–Crippen LogP) is 4.04. The second-order valence-corrected chi connectivity index (χ2v) is 9.89. The van der Waals surface area contributed by atoms with Crippen molar-refractivity contribution in [2.45, 2.75) is 45.8 Å². The van der Waals surface area contributed by atoms with E-state index >= 15 is 0 Å². The fraction of sp³-hybridized carbons (Fsp3) is 0.520. The molecule has 2 atom stereocenters. The third-order valence-corrected chi connectivity index (χ3v) is 5.27. The third-order valence-electron chi connectivity index (χ3n) is 5.27. The predicted molar refractivity (Wildman–Crippen MR) is 122 cm³/mol. The highest BCUT2D eigenvalue weighted by molar-refractivity contribution is 6.14. The number of ether oxygens (including phenoxy) is 1. The number of halogens is 2. The van der Waals surface area contributed by atoms with E-state index < -0.39 is 18.1 Å². The quantitative estimate of drug-likeness (QED) is 0.409. The van der Waals surface area contributed by atoms with E-state index in [2.05, 4.69) is 26.1 Å². The summed E-state index contributed by atoms with van der Waals surface area (Å²) >= 11 is 0. The van der Waals surface area contributed by atoms with Gasteiger partial charge in [-0.2, -0.15) is 8.78 Å². The number of likely N-dealkylation sites (N-methyl/N-ethyl adjacent to an activating group) is 1. The van der Waals surface area contributed by atoms with Gasteiger partial charge in [-0.1, -0.05) is 51.1 Å². The Kier molecular flexibility index (Phi) is 8.87. The number of hydrogen-bond donors (Lipinski definition) is 1. The smallest absolute Gasteiger partial charge is 0.387 e. The van der Waals surface area contributed by atoms with Crippen LogP contribution in [0.2, 0.25) is 0 Å². The molecule has 5 nitrogen and oxygen atoms in total. The first-order chi connectivity index (χ1) is 14.9. The lowest BCUT2D eigenvalue weighted by molar-refractivity contribution is -0.119. The molecule has 1 unspecified atom stereocenters. The second kappa shape index (κ2) is 11.0. The first-order valence-corrected chi connectivity index (χ1v) is 10.7. The molecule has 0 heterocycles. The number of benzene rings is 1. The second-order valence-electron chi connectivity index (χ2n) is 9.89. The molecule has 7 heteroatoms. The summed E-state index contributed by atoms with van der Waals surface area (Å²) in [7, 11) is 3.92. The zero-order chi connectivity index (χ0) is 23.9. The molecule has 1 aromatic rings. The van der Waals surface area contributed by atoms with Gasteiger partial charge in [-0.3, -0.25) is 9.59 Å². The Labute approximate surface area is 189 Å². The molecular weight excluding hydrogens is 414 g/mol. The summed E-state index contributed by atoms with van der Waals surface area (Å²) in [5.41, 5.74) is 0.219. The molecule has 0 saturated carbocycles. The first-order valence-electron chi connectivity index (χ1n) is 10.7. The lowest BCUT2D eigenvalue weighted by Gasteiger charge is -2.43. The molecule has 176 valence electrons. The Morgan fingerprint density at radius 1 is 1.22 bits per heavy atom. The molecule has 1 aromatic carbocycles. The van der Waals surface area contributed by atoms with Crippen molar-refractivity contribution in [3.63, 3.8) is 0 Å². The first kappa shape index (κ1) is 25.9. The lowest BCUT2D eigenvalue weighted by atomic mass is 9.75. The van der Waals surface area contributed by atoms with Gasteiger partial charge >= 0.3 is 6.61 Å². The standard InChI is InChI=1S/C25H34F2N2O3/c1-24(2,3)16-25(17-29(4)5,13-18-9-6-7-12-21(18)32-23(26)27)28-14-19-10-8-11-20(15-30)22(19)31/h6-12,15,19,23,28H,13-14,16-17H2,1-5H3/t19?,25-/m1/s1. The van der Waals surface area contributed by atoms with Crippen molar-refractivity contribution in [1.82, 2.24) is 10.2 Å². The van der Waals surface area contributed by atoms with Crippen molar-refractivity contribution >= 4 is 12.1 Å². The summed E-state index contributed by atoms with van der Waals surface area (Å²) in [6.07, 6.45) is 6.77. The van der Waals surface area contributed by atoms with Crippen molar-refractivity contribution in [2.75, 3.05) is 27.2 Å². The van der Waals surface area contributed by atoms with Crippen molar-refractivity contribution in [3.05, 3.63) is 53.6 Å². The summed E-state index contributed by atoms with van der Waals surface area (Å²) in [6.45, 7) is 4.42. The van der Waals surface area contributed by atoms with Gasteiger partial charge in [-0.15, -0.1) is 0 Å². The van der Waals surface area contributed by atoms with Gasteiger partial charge in [-0.25, -0.2) is 0 Å². The molecule has 32 heavy (non-hydrogen) atoms. The highest BCUT2D eigenvalue weighted by Gasteiger charge is 2.37. The van der Waals surface area contributed by atoms with Crippen LogP contribution in [0.5, 0.6) is 5.75 Å². The Bertz CT molecular complexity index is 859. The molecule has 0 bridgehead atoms. The van der Waals surface area contributed by atoms with E-state index in [1.165, 1.54) is 6.08 Å². The van der Waals surface area contributed by atoms with Crippen LogP contribution in [0.1, 0.15) is 32.8 Å². The van der Waals surface area contributed by atoms with E-state index in [0.717, 1.165) is 6.42 Å². The topological polar surface area (TPSA) is 58.6 Å². The minimum atomic E-state index is -2.91. The largest absolute Gasteiger partial charge is 0.435 e. The molecule has 0 fully saturated rings. The van der Waals surface area contributed by atoms with E-state index in [0.29, 0.717) is 31.4 Å². The number of hydrogen-bond acceptors (Lipinski definition) is 5. The minimum absolute atomic E-state index is 0.0815. The maximum Gasteiger partial charge on any atom is 0.387 e. The van der Waals surface area contributed by atoms with Crippen LogP contribution in [0.4, 0.5) is 8.78 Å². The summed E-state index contributed by atoms with van der Waals surface area (Å²) < 4.78 is 30.8. The number of alkyl halides is 2. The molecule has 2 rings (SSSR count). The van der Waals surface area contributed by atoms with Crippen LogP contribution in [0.25, 0.3) is 0 Å². The van der Waals surface area contributed by atoms with E-state index in [1.54, 1.807) is 36.4 Å². The average molecular weight is 449 g/mol. The van der Waals surface area contributed by atoms with Crippen LogP contribution < -0.4 is 10.1 Å². The molecule has 0 saturated heterocycles. The van der Waals surface area contributed by atoms with E-state index in [1.807, 2.05) is 19.0 Å². The van der Waals surface area contributed by atoms with Gasteiger partial charge in [0.1, 0.15) is 5.75 Å². The number of Topliss-reactive ketones (excluding diaryl/α,β-unsaturated/α-hetero) is 1. The number of carbonyl (C=O) groups is 2. The number of aldehydes is 1. The summed E-state index contributed by atoms with van der Waals surface area (Å²) in [5, 5.41) is 3.60. The SMILES string of the molecule is CN(C)C[C@@](Cc1ccccc1OC(F)F)(CC(C)(C)C)NCC1C=CC=C(C=O)C1=O. The molecular formula is C25H34F2N2O3. The fourth-order valence-electron chi connectivity index (χ4n) is 4.46. The zero-order valence-electron chi connectivity index (χ0n) is 19.5. The number of carbonyl (C=O) groups excluding carboxylic acids is 2. The van der Waals surface area contributed by atoms with Gasteiger partial charge in [0.15, 0.2) is 12.1 Å². The maximum atomic E-state index is 13.0. The van der Waals surface area contributed by atoms with Crippen LogP contribution in [0, 0.1) is 11.3 Å². The summed E-state index contributed by atoms with van der Waals surface area (Å²) in [5.74, 6) is -0.527. The lowest BCUT2D eigenvalue weighted by Crippen LogP contribution is -2.57. The van der Waals surface area contributed by atoms with Crippen LogP contribution >= 0.6 is 0 Å². The van der Waals surface area contributed by atoms with Gasteiger partial charge in [0.2, 0.25) is 0 Å². The van der Waals surface area contributed by atoms with Gasteiger partial charge in [0.25, 0.3) is 0 Å². The van der Waals surface area contributed by atoms with Gasteiger partial charge in [0.05, 0.1) is 11.5 Å². The minimum Gasteiger partial charge on any atom is -0.435 e. The highest BCUT2D eigenvalue weighted by Crippen LogP contribution is 2.34. The maximum absolute atomic E-state index is 13.0. The molecule has 1 aliphatic carbocycles. The van der Waals surface area contributed by atoms with E-state index in [4.69, 9.17) is 4.74 Å². The molecule has 0 aliphatic heterocycles. The summed E-state index contributed by atoms with van der Waals surface area (Å²) in [4.78, 5) is 25.8. The normalized spacial score (nSPS) is 18.6. The number of ketones is 1. The Hall–Kier alpha value is -2.38. The number of nitrogens with one attached hydrogen (secondary N) is 1. The van der Waals surface area contributed by atoms with Gasteiger partial charge < -0.3 is 15.0 Å². The molecule has 0 aromatic heterocycles.